The Kier molecular flexibility index (Phi) is 8.44. The second kappa shape index (κ2) is 8.94. The monoisotopic (exact) mass is 271 g/mol. The first-order chi connectivity index (χ1) is 8.84. The summed E-state index contributed by atoms with van der Waals surface area (Å²) in [5.74, 6) is -1.05. The van der Waals surface area contributed by atoms with Crippen LogP contribution >= 0.6 is 0 Å². The zero-order valence-corrected chi connectivity index (χ0v) is 12.9. The van der Waals surface area contributed by atoms with Gasteiger partial charge in [-0.05, 0) is 20.3 Å². The lowest BCUT2D eigenvalue weighted by Crippen LogP contribution is -2.50. The lowest BCUT2D eigenvalue weighted by Gasteiger charge is -2.31. The van der Waals surface area contributed by atoms with Crippen molar-refractivity contribution in [3.05, 3.63) is 0 Å². The zero-order chi connectivity index (χ0) is 14.9. The molecule has 4 heteroatoms. The SMILES string of the molecule is CCCCCCCCCC(=O)N(C)C(C)(C)C(=O)O. The molecule has 0 radical (unpaired) electrons. The van der Waals surface area contributed by atoms with Crippen molar-refractivity contribution in [3.63, 3.8) is 0 Å². The van der Waals surface area contributed by atoms with Crippen molar-refractivity contribution in [2.45, 2.75) is 77.7 Å². The number of carboxylic acids is 1. The topological polar surface area (TPSA) is 57.6 Å². The van der Waals surface area contributed by atoms with Crippen LogP contribution in [-0.4, -0.2) is 34.5 Å². The Morgan fingerprint density at radius 2 is 1.47 bits per heavy atom. The summed E-state index contributed by atoms with van der Waals surface area (Å²) in [6, 6.07) is 0. The summed E-state index contributed by atoms with van der Waals surface area (Å²) < 4.78 is 0. The lowest BCUT2D eigenvalue weighted by atomic mass is 10.0. The molecule has 0 bridgehead atoms. The molecule has 0 spiro atoms. The standard InChI is InChI=1S/C15H29NO3/c1-5-6-7-8-9-10-11-12-13(17)16(4)15(2,3)14(18)19/h5-12H2,1-4H3,(H,18,19). The number of rotatable bonds is 10. The fourth-order valence-corrected chi connectivity index (χ4v) is 1.86. The normalized spacial score (nSPS) is 11.4. The number of hydrogen-bond donors (Lipinski definition) is 1. The van der Waals surface area contributed by atoms with E-state index in [1.54, 1.807) is 20.9 Å². The van der Waals surface area contributed by atoms with Crippen LogP contribution in [0.3, 0.4) is 0 Å². The first-order valence-corrected chi connectivity index (χ1v) is 7.34. The third-order valence-electron chi connectivity index (χ3n) is 3.73. The van der Waals surface area contributed by atoms with Gasteiger partial charge in [-0.15, -0.1) is 0 Å². The molecule has 4 nitrogen and oxygen atoms in total. The molecule has 0 aromatic heterocycles. The molecular formula is C15H29NO3. The van der Waals surface area contributed by atoms with Gasteiger partial charge in [0.2, 0.25) is 5.91 Å². The molecule has 0 saturated carbocycles. The smallest absolute Gasteiger partial charge is 0.329 e. The minimum Gasteiger partial charge on any atom is -0.480 e. The number of aliphatic carboxylic acids is 1. The van der Waals surface area contributed by atoms with Crippen molar-refractivity contribution in [1.29, 1.82) is 0 Å². The molecule has 0 saturated heterocycles. The summed E-state index contributed by atoms with van der Waals surface area (Å²) in [5.41, 5.74) is -1.13. The number of amides is 1. The molecule has 19 heavy (non-hydrogen) atoms. The maximum absolute atomic E-state index is 11.9. The number of unbranched alkanes of at least 4 members (excludes halogenated alkanes) is 6. The van der Waals surface area contributed by atoms with E-state index in [4.69, 9.17) is 5.11 Å². The van der Waals surface area contributed by atoms with Gasteiger partial charge >= 0.3 is 5.97 Å². The number of nitrogens with zero attached hydrogens (tertiary/aromatic N) is 1. The van der Waals surface area contributed by atoms with Crippen LogP contribution in [0.1, 0.15) is 72.1 Å². The minimum absolute atomic E-state index is 0.0824. The van der Waals surface area contributed by atoms with Crippen LogP contribution in [0.5, 0.6) is 0 Å². The Balaban J connectivity index is 3.83. The molecule has 0 rings (SSSR count). The molecule has 0 aromatic carbocycles. The highest BCUT2D eigenvalue weighted by atomic mass is 16.4. The number of hydrogen-bond acceptors (Lipinski definition) is 2. The Morgan fingerprint density at radius 1 is 1.00 bits per heavy atom. The van der Waals surface area contributed by atoms with Crippen molar-refractivity contribution in [2.24, 2.45) is 0 Å². The van der Waals surface area contributed by atoms with E-state index in [1.165, 1.54) is 37.0 Å². The first-order valence-electron chi connectivity index (χ1n) is 7.34. The van der Waals surface area contributed by atoms with E-state index in [-0.39, 0.29) is 5.91 Å². The number of carbonyl (C=O) groups excluding carboxylic acids is 1. The predicted molar refractivity (Wildman–Crippen MR) is 77.1 cm³/mol. The fraction of sp³-hybridized carbons (Fsp3) is 0.867. The fourth-order valence-electron chi connectivity index (χ4n) is 1.86. The van der Waals surface area contributed by atoms with Crippen molar-refractivity contribution in [2.75, 3.05) is 7.05 Å². The van der Waals surface area contributed by atoms with Gasteiger partial charge in [-0.2, -0.15) is 0 Å². The van der Waals surface area contributed by atoms with E-state index in [1.807, 2.05) is 0 Å². The molecule has 0 aliphatic heterocycles. The van der Waals surface area contributed by atoms with Crippen LogP contribution in [0.2, 0.25) is 0 Å². The van der Waals surface area contributed by atoms with Crippen LogP contribution in [0.25, 0.3) is 0 Å². The highest BCUT2D eigenvalue weighted by Crippen LogP contribution is 2.15. The summed E-state index contributed by atoms with van der Waals surface area (Å²) in [7, 11) is 1.57. The molecule has 112 valence electrons. The molecular weight excluding hydrogens is 242 g/mol. The van der Waals surface area contributed by atoms with Crippen LogP contribution in [-0.2, 0) is 9.59 Å². The summed E-state index contributed by atoms with van der Waals surface area (Å²) in [5, 5.41) is 9.06. The van der Waals surface area contributed by atoms with Gasteiger partial charge in [-0.1, -0.05) is 45.4 Å². The molecule has 1 N–H and O–H groups in total. The third kappa shape index (κ3) is 6.60. The maximum atomic E-state index is 11.9. The number of carbonyl (C=O) groups is 2. The molecule has 0 aliphatic rings. The van der Waals surface area contributed by atoms with Crippen LogP contribution < -0.4 is 0 Å². The van der Waals surface area contributed by atoms with Gasteiger partial charge in [0.1, 0.15) is 5.54 Å². The lowest BCUT2D eigenvalue weighted by molar-refractivity contribution is -0.155. The van der Waals surface area contributed by atoms with E-state index in [0.717, 1.165) is 12.8 Å². The highest BCUT2D eigenvalue weighted by molar-refractivity contribution is 5.86. The zero-order valence-electron chi connectivity index (χ0n) is 12.9. The Hall–Kier alpha value is -1.06. The molecule has 0 fully saturated rings. The minimum atomic E-state index is -1.13. The molecule has 0 heterocycles. The van der Waals surface area contributed by atoms with Gasteiger partial charge in [-0.25, -0.2) is 4.79 Å². The quantitative estimate of drug-likeness (QED) is 0.619. The average Bonchev–Trinajstić information content (AvgIpc) is 2.36. The average molecular weight is 271 g/mol. The molecule has 0 aliphatic carbocycles. The molecule has 0 atom stereocenters. The largest absolute Gasteiger partial charge is 0.480 e. The van der Waals surface area contributed by atoms with Crippen molar-refractivity contribution < 1.29 is 14.7 Å². The molecule has 0 aromatic rings. The van der Waals surface area contributed by atoms with E-state index in [2.05, 4.69) is 6.92 Å². The van der Waals surface area contributed by atoms with Gasteiger partial charge < -0.3 is 10.0 Å². The summed E-state index contributed by atoms with van der Waals surface area (Å²) in [4.78, 5) is 24.3. The van der Waals surface area contributed by atoms with E-state index < -0.39 is 11.5 Å². The van der Waals surface area contributed by atoms with Gasteiger partial charge in [0.25, 0.3) is 0 Å². The summed E-state index contributed by atoms with van der Waals surface area (Å²) in [6.07, 6.45) is 8.55. The van der Waals surface area contributed by atoms with Gasteiger partial charge in [0.05, 0.1) is 0 Å². The molecule has 0 unspecified atom stereocenters. The Morgan fingerprint density at radius 3 is 1.95 bits per heavy atom. The van der Waals surface area contributed by atoms with E-state index in [9.17, 15) is 9.59 Å². The van der Waals surface area contributed by atoms with Gasteiger partial charge in [0.15, 0.2) is 0 Å². The van der Waals surface area contributed by atoms with Crippen LogP contribution in [0.15, 0.2) is 0 Å². The van der Waals surface area contributed by atoms with Crippen molar-refractivity contribution in [3.8, 4) is 0 Å². The summed E-state index contributed by atoms with van der Waals surface area (Å²) in [6.45, 7) is 5.30. The van der Waals surface area contributed by atoms with E-state index in [0.29, 0.717) is 6.42 Å². The molecule has 1 amide bonds. The second-order valence-corrected chi connectivity index (χ2v) is 5.69. The Bertz CT molecular complexity index is 287. The number of carboxylic acid groups (broad SMARTS) is 1. The summed E-state index contributed by atoms with van der Waals surface area (Å²) >= 11 is 0. The van der Waals surface area contributed by atoms with E-state index >= 15 is 0 Å². The maximum Gasteiger partial charge on any atom is 0.329 e. The third-order valence-corrected chi connectivity index (χ3v) is 3.73. The predicted octanol–water partition coefficient (Wildman–Crippen LogP) is 3.45. The van der Waals surface area contributed by atoms with Gasteiger partial charge in [0, 0.05) is 13.5 Å². The number of likely N-dealkylation sites (N-methyl/N-ethyl adjacent to an activating group) is 1. The first kappa shape index (κ1) is 17.9. The second-order valence-electron chi connectivity index (χ2n) is 5.69. The highest BCUT2D eigenvalue weighted by Gasteiger charge is 2.34. The Labute approximate surface area is 117 Å². The van der Waals surface area contributed by atoms with Gasteiger partial charge in [-0.3, -0.25) is 4.79 Å². The van der Waals surface area contributed by atoms with Crippen molar-refractivity contribution in [1.82, 2.24) is 4.90 Å². The van der Waals surface area contributed by atoms with Crippen molar-refractivity contribution >= 4 is 11.9 Å². The van der Waals surface area contributed by atoms with Crippen LogP contribution in [0, 0.1) is 0 Å². The van der Waals surface area contributed by atoms with Crippen LogP contribution in [0.4, 0.5) is 0 Å².